The molecule has 0 aliphatic rings. The molecular formula is C11H14N2O3S. The topological polar surface area (TPSA) is 79.2 Å². The number of nitriles is 1. The molecule has 0 bridgehead atoms. The largest absolute Gasteiger partial charge is 0.380 e. The maximum absolute atomic E-state index is 11.8. The number of sulfonamides is 1. The van der Waals surface area contributed by atoms with Gasteiger partial charge in [0, 0.05) is 13.2 Å². The highest BCUT2D eigenvalue weighted by Gasteiger charge is 2.13. The molecule has 0 atom stereocenters. The van der Waals surface area contributed by atoms with Crippen LogP contribution in [0.3, 0.4) is 0 Å². The van der Waals surface area contributed by atoms with Crippen LogP contribution < -0.4 is 4.72 Å². The van der Waals surface area contributed by atoms with Crippen molar-refractivity contribution >= 4 is 10.0 Å². The van der Waals surface area contributed by atoms with Crippen LogP contribution >= 0.6 is 0 Å². The minimum absolute atomic E-state index is 0.0908. The van der Waals surface area contributed by atoms with E-state index in [1.807, 2.05) is 13.0 Å². The fraction of sp³-hybridized carbons (Fsp3) is 0.364. The van der Waals surface area contributed by atoms with Crippen LogP contribution in [-0.4, -0.2) is 28.2 Å². The minimum Gasteiger partial charge on any atom is -0.380 e. The van der Waals surface area contributed by atoms with Crippen molar-refractivity contribution in [3.63, 3.8) is 0 Å². The Morgan fingerprint density at radius 1 is 1.47 bits per heavy atom. The molecule has 1 N–H and O–H groups in total. The normalized spacial score (nSPS) is 11.1. The smallest absolute Gasteiger partial charge is 0.240 e. The molecule has 0 heterocycles. The Balaban J connectivity index is 2.73. The number of benzene rings is 1. The summed E-state index contributed by atoms with van der Waals surface area (Å²) in [6.07, 6.45) is 0. The highest BCUT2D eigenvalue weighted by molar-refractivity contribution is 7.89. The van der Waals surface area contributed by atoms with E-state index in [2.05, 4.69) is 4.72 Å². The van der Waals surface area contributed by atoms with Crippen molar-refractivity contribution in [1.29, 1.82) is 5.26 Å². The molecule has 0 radical (unpaired) electrons. The van der Waals surface area contributed by atoms with Crippen LogP contribution in [0.15, 0.2) is 29.2 Å². The Kier molecular flexibility index (Phi) is 5.10. The maximum atomic E-state index is 11.8. The van der Waals surface area contributed by atoms with E-state index in [0.29, 0.717) is 18.8 Å². The Labute approximate surface area is 101 Å². The number of hydrogen-bond acceptors (Lipinski definition) is 4. The maximum Gasteiger partial charge on any atom is 0.240 e. The van der Waals surface area contributed by atoms with E-state index in [4.69, 9.17) is 10.00 Å². The molecule has 0 aliphatic heterocycles. The first-order chi connectivity index (χ1) is 8.10. The molecule has 0 aromatic heterocycles. The van der Waals surface area contributed by atoms with E-state index in [9.17, 15) is 8.42 Å². The van der Waals surface area contributed by atoms with Crippen molar-refractivity contribution in [1.82, 2.24) is 4.72 Å². The third kappa shape index (κ3) is 4.15. The third-order valence-electron chi connectivity index (χ3n) is 2.02. The van der Waals surface area contributed by atoms with E-state index in [1.165, 1.54) is 18.2 Å². The number of nitrogens with zero attached hydrogens (tertiary/aromatic N) is 1. The average Bonchev–Trinajstić information content (AvgIpc) is 2.35. The van der Waals surface area contributed by atoms with E-state index in [0.717, 1.165) is 0 Å². The predicted molar refractivity (Wildman–Crippen MR) is 62.8 cm³/mol. The van der Waals surface area contributed by atoms with Crippen LogP contribution in [0.5, 0.6) is 0 Å². The second-order valence-electron chi connectivity index (χ2n) is 3.23. The fourth-order valence-corrected chi connectivity index (χ4v) is 2.27. The van der Waals surface area contributed by atoms with Crippen LogP contribution in [0.4, 0.5) is 0 Å². The molecule has 0 unspecified atom stereocenters. The van der Waals surface area contributed by atoms with Gasteiger partial charge < -0.3 is 4.74 Å². The zero-order valence-corrected chi connectivity index (χ0v) is 10.3. The van der Waals surface area contributed by atoms with Gasteiger partial charge in [0.1, 0.15) is 0 Å². The first-order valence-electron chi connectivity index (χ1n) is 5.17. The van der Waals surface area contributed by atoms with Gasteiger partial charge in [0.15, 0.2) is 0 Å². The second-order valence-corrected chi connectivity index (χ2v) is 5.00. The highest BCUT2D eigenvalue weighted by Crippen LogP contribution is 2.10. The number of hydrogen-bond donors (Lipinski definition) is 1. The lowest BCUT2D eigenvalue weighted by Gasteiger charge is -2.06. The molecule has 6 heteroatoms. The Morgan fingerprint density at radius 2 is 2.24 bits per heavy atom. The molecule has 1 aromatic rings. The highest BCUT2D eigenvalue weighted by atomic mass is 32.2. The molecule has 92 valence electrons. The molecule has 0 aliphatic carbocycles. The predicted octanol–water partition coefficient (Wildman–Crippen LogP) is 0.873. The first-order valence-corrected chi connectivity index (χ1v) is 6.66. The van der Waals surface area contributed by atoms with Gasteiger partial charge in [0.05, 0.1) is 23.1 Å². The van der Waals surface area contributed by atoms with Crippen LogP contribution in [0, 0.1) is 11.3 Å². The summed E-state index contributed by atoms with van der Waals surface area (Å²) >= 11 is 0. The summed E-state index contributed by atoms with van der Waals surface area (Å²) in [5.41, 5.74) is 0.317. The van der Waals surface area contributed by atoms with Crippen LogP contribution in [0.1, 0.15) is 12.5 Å². The lowest BCUT2D eigenvalue weighted by Crippen LogP contribution is -2.27. The molecule has 0 saturated heterocycles. The molecule has 1 aromatic carbocycles. The van der Waals surface area contributed by atoms with Gasteiger partial charge in [-0.05, 0) is 25.1 Å². The molecule has 0 saturated carbocycles. The first kappa shape index (κ1) is 13.6. The third-order valence-corrected chi connectivity index (χ3v) is 3.47. The molecule has 1 rings (SSSR count). The van der Waals surface area contributed by atoms with E-state index in [-0.39, 0.29) is 11.4 Å². The molecule has 17 heavy (non-hydrogen) atoms. The summed E-state index contributed by atoms with van der Waals surface area (Å²) in [6, 6.07) is 7.78. The van der Waals surface area contributed by atoms with Crippen molar-refractivity contribution in [2.45, 2.75) is 11.8 Å². The van der Waals surface area contributed by atoms with Crippen LogP contribution in [0.25, 0.3) is 0 Å². The van der Waals surface area contributed by atoms with Gasteiger partial charge in [-0.1, -0.05) is 6.07 Å². The van der Waals surface area contributed by atoms with Crippen molar-refractivity contribution < 1.29 is 13.2 Å². The Bertz CT molecular complexity index is 506. The summed E-state index contributed by atoms with van der Waals surface area (Å²) < 4.78 is 31.0. The number of ether oxygens (including phenoxy) is 1. The van der Waals surface area contributed by atoms with Gasteiger partial charge in [-0.25, -0.2) is 13.1 Å². The minimum atomic E-state index is -3.55. The lowest BCUT2D eigenvalue weighted by atomic mass is 10.2. The summed E-state index contributed by atoms with van der Waals surface area (Å²) in [6.45, 7) is 2.93. The van der Waals surface area contributed by atoms with Gasteiger partial charge in [-0.2, -0.15) is 5.26 Å². The molecule has 5 nitrogen and oxygen atoms in total. The number of rotatable bonds is 6. The van der Waals surface area contributed by atoms with Crippen molar-refractivity contribution in [3.05, 3.63) is 29.8 Å². The number of nitrogens with one attached hydrogen (secondary N) is 1. The Morgan fingerprint density at radius 3 is 2.88 bits per heavy atom. The summed E-state index contributed by atoms with van der Waals surface area (Å²) in [5, 5.41) is 8.69. The molecular weight excluding hydrogens is 240 g/mol. The standard InChI is InChI=1S/C11H14N2O3S/c1-2-16-7-6-13-17(14,15)11-5-3-4-10(8-11)9-12/h3-5,8,13H,2,6-7H2,1H3. The van der Waals surface area contributed by atoms with E-state index < -0.39 is 10.0 Å². The SMILES string of the molecule is CCOCCNS(=O)(=O)c1cccc(C#N)c1. The van der Waals surface area contributed by atoms with Crippen LogP contribution in [0.2, 0.25) is 0 Å². The fourth-order valence-electron chi connectivity index (χ4n) is 1.21. The monoisotopic (exact) mass is 254 g/mol. The second kappa shape index (κ2) is 6.35. The van der Waals surface area contributed by atoms with Gasteiger partial charge in [0.2, 0.25) is 10.0 Å². The molecule has 0 spiro atoms. The van der Waals surface area contributed by atoms with Gasteiger partial charge in [-0.3, -0.25) is 0 Å². The summed E-state index contributed by atoms with van der Waals surface area (Å²) in [5.74, 6) is 0. The quantitative estimate of drug-likeness (QED) is 0.764. The van der Waals surface area contributed by atoms with Gasteiger partial charge in [0.25, 0.3) is 0 Å². The van der Waals surface area contributed by atoms with E-state index >= 15 is 0 Å². The van der Waals surface area contributed by atoms with Crippen LogP contribution in [-0.2, 0) is 14.8 Å². The van der Waals surface area contributed by atoms with Crippen molar-refractivity contribution in [2.24, 2.45) is 0 Å². The van der Waals surface area contributed by atoms with Crippen molar-refractivity contribution in [3.8, 4) is 6.07 Å². The zero-order chi connectivity index (χ0) is 12.7. The molecule has 0 fully saturated rings. The Hall–Kier alpha value is -1.42. The summed E-state index contributed by atoms with van der Waals surface area (Å²) in [4.78, 5) is 0.0908. The summed E-state index contributed by atoms with van der Waals surface area (Å²) in [7, 11) is -3.55. The zero-order valence-electron chi connectivity index (χ0n) is 9.51. The van der Waals surface area contributed by atoms with Crippen molar-refractivity contribution in [2.75, 3.05) is 19.8 Å². The average molecular weight is 254 g/mol. The molecule has 0 amide bonds. The van der Waals surface area contributed by atoms with E-state index in [1.54, 1.807) is 6.07 Å². The van der Waals surface area contributed by atoms with Gasteiger partial charge >= 0.3 is 0 Å². The lowest BCUT2D eigenvalue weighted by molar-refractivity contribution is 0.153. The van der Waals surface area contributed by atoms with Gasteiger partial charge in [-0.15, -0.1) is 0 Å².